The third kappa shape index (κ3) is 4.07. The summed E-state index contributed by atoms with van der Waals surface area (Å²) < 4.78 is 0. The van der Waals surface area contributed by atoms with Crippen molar-refractivity contribution < 1.29 is 19.9 Å². The molecule has 7 heteroatoms. The summed E-state index contributed by atoms with van der Waals surface area (Å²) in [4.78, 5) is 22.0. The third-order valence-electron chi connectivity index (χ3n) is 3.11. The van der Waals surface area contributed by atoms with Crippen molar-refractivity contribution in [3.63, 3.8) is 0 Å². The highest BCUT2D eigenvalue weighted by Gasteiger charge is 2.09. The van der Waals surface area contributed by atoms with E-state index in [1.807, 2.05) is 0 Å². The summed E-state index contributed by atoms with van der Waals surface area (Å²) in [6, 6.07) is 8.31. The van der Waals surface area contributed by atoms with E-state index in [-0.39, 0.29) is 17.2 Å². The first-order valence-electron chi connectivity index (χ1n) is 6.63. The predicted octanol–water partition coefficient (Wildman–Crippen LogP) is 2.97. The lowest BCUT2D eigenvalue weighted by atomic mass is 10.1. The van der Waals surface area contributed by atoms with E-state index >= 15 is 0 Å². The number of anilines is 1. The minimum atomic E-state index is -0.504. The van der Waals surface area contributed by atoms with Gasteiger partial charge in [0.15, 0.2) is 11.5 Å². The Morgan fingerprint density at radius 3 is 2.52 bits per heavy atom. The number of benzene rings is 2. The van der Waals surface area contributed by atoms with Crippen molar-refractivity contribution >= 4 is 23.4 Å². The number of hydrogen-bond donors (Lipinski definition) is 3. The molecule has 23 heavy (non-hydrogen) atoms. The maximum Gasteiger partial charge on any atom is 0.269 e. The number of aromatic hydroxyl groups is 2. The summed E-state index contributed by atoms with van der Waals surface area (Å²) >= 11 is 0. The van der Waals surface area contributed by atoms with Gasteiger partial charge in [-0.3, -0.25) is 14.9 Å². The molecule has 0 spiro atoms. The largest absolute Gasteiger partial charge is 0.504 e. The van der Waals surface area contributed by atoms with Gasteiger partial charge in [0.25, 0.3) is 5.69 Å². The van der Waals surface area contributed by atoms with Crippen LogP contribution in [0.2, 0.25) is 0 Å². The number of hydrogen-bond acceptors (Lipinski definition) is 5. The highest BCUT2D eigenvalue weighted by molar-refractivity contribution is 6.02. The molecule has 0 heterocycles. The fourth-order valence-electron chi connectivity index (χ4n) is 1.89. The van der Waals surface area contributed by atoms with Crippen molar-refractivity contribution in [2.45, 2.75) is 6.92 Å². The van der Waals surface area contributed by atoms with Gasteiger partial charge in [-0.15, -0.1) is 0 Å². The predicted molar refractivity (Wildman–Crippen MR) is 85.3 cm³/mol. The van der Waals surface area contributed by atoms with Gasteiger partial charge in [-0.25, -0.2) is 0 Å². The van der Waals surface area contributed by atoms with Crippen LogP contribution in [0, 0.1) is 17.0 Å². The van der Waals surface area contributed by atoms with Crippen LogP contribution in [0.3, 0.4) is 0 Å². The van der Waals surface area contributed by atoms with E-state index in [4.69, 9.17) is 0 Å². The zero-order valence-electron chi connectivity index (χ0n) is 12.2. The average molecular weight is 314 g/mol. The molecule has 118 valence electrons. The summed E-state index contributed by atoms with van der Waals surface area (Å²) in [6.07, 6.45) is 2.72. The van der Waals surface area contributed by atoms with Crippen LogP contribution in [0.5, 0.6) is 11.5 Å². The molecule has 0 saturated carbocycles. The molecule has 3 N–H and O–H groups in total. The third-order valence-corrected chi connectivity index (χ3v) is 3.11. The lowest BCUT2D eigenvalue weighted by Crippen LogP contribution is -2.09. The Hall–Kier alpha value is -3.35. The van der Waals surface area contributed by atoms with E-state index in [2.05, 4.69) is 5.32 Å². The first kappa shape index (κ1) is 16.0. The minimum Gasteiger partial charge on any atom is -0.504 e. The fourth-order valence-corrected chi connectivity index (χ4v) is 1.89. The van der Waals surface area contributed by atoms with Gasteiger partial charge in [0.1, 0.15) is 0 Å². The highest BCUT2D eigenvalue weighted by Crippen LogP contribution is 2.25. The highest BCUT2D eigenvalue weighted by atomic mass is 16.6. The molecule has 0 aliphatic rings. The number of nitro benzene ring substituents is 1. The molecular weight excluding hydrogens is 300 g/mol. The second-order valence-corrected chi connectivity index (χ2v) is 4.83. The SMILES string of the molecule is Cc1cc([N+](=O)[O-])ccc1NC(=O)/C=C/c1ccc(O)c(O)c1. The van der Waals surface area contributed by atoms with Crippen LogP contribution in [-0.2, 0) is 4.79 Å². The molecule has 0 aliphatic carbocycles. The number of non-ortho nitro benzene ring substituents is 1. The Labute approximate surface area is 131 Å². The van der Waals surface area contributed by atoms with Crippen molar-refractivity contribution in [1.29, 1.82) is 0 Å². The van der Waals surface area contributed by atoms with Crippen LogP contribution in [0.1, 0.15) is 11.1 Å². The number of amides is 1. The lowest BCUT2D eigenvalue weighted by molar-refractivity contribution is -0.384. The molecule has 0 aromatic heterocycles. The summed E-state index contributed by atoms with van der Waals surface area (Å²) in [5.41, 5.74) is 1.54. The fraction of sp³-hybridized carbons (Fsp3) is 0.0625. The average Bonchev–Trinajstić information content (AvgIpc) is 2.50. The van der Waals surface area contributed by atoms with Gasteiger partial charge in [0, 0.05) is 23.9 Å². The molecule has 0 saturated heterocycles. The first-order chi connectivity index (χ1) is 10.9. The Balaban J connectivity index is 2.08. The Kier molecular flexibility index (Phi) is 4.61. The number of phenolic OH excluding ortho intramolecular Hbond substituents is 2. The molecule has 0 aliphatic heterocycles. The zero-order valence-corrected chi connectivity index (χ0v) is 12.2. The van der Waals surface area contributed by atoms with Crippen LogP contribution < -0.4 is 5.32 Å². The number of aryl methyl sites for hydroxylation is 1. The van der Waals surface area contributed by atoms with E-state index < -0.39 is 10.8 Å². The quantitative estimate of drug-likeness (QED) is 0.347. The van der Waals surface area contributed by atoms with Gasteiger partial charge < -0.3 is 15.5 Å². The molecule has 1 amide bonds. The van der Waals surface area contributed by atoms with Gasteiger partial charge in [-0.05, 0) is 42.3 Å². The van der Waals surface area contributed by atoms with Crippen LogP contribution in [0.25, 0.3) is 6.08 Å². The normalized spacial score (nSPS) is 10.7. The standard InChI is InChI=1S/C16H14N2O5/c1-10-8-12(18(22)23)4-5-13(10)17-16(21)7-3-11-2-6-14(19)15(20)9-11/h2-9,19-20H,1H3,(H,17,21)/b7-3+. The van der Waals surface area contributed by atoms with E-state index in [0.29, 0.717) is 16.8 Å². The molecule has 0 fully saturated rings. The summed E-state index contributed by atoms with van der Waals surface area (Å²) in [5, 5.41) is 31.9. The van der Waals surface area contributed by atoms with Gasteiger partial charge >= 0.3 is 0 Å². The van der Waals surface area contributed by atoms with Crippen molar-refractivity contribution in [3.8, 4) is 11.5 Å². The van der Waals surface area contributed by atoms with E-state index in [1.165, 1.54) is 48.6 Å². The van der Waals surface area contributed by atoms with Crippen molar-refractivity contribution in [1.82, 2.24) is 0 Å². The summed E-state index contributed by atoms with van der Waals surface area (Å²) in [6.45, 7) is 1.66. The Bertz CT molecular complexity index is 799. The van der Waals surface area contributed by atoms with Crippen molar-refractivity contribution in [2.24, 2.45) is 0 Å². The molecule has 2 aromatic rings. The van der Waals surface area contributed by atoms with Crippen molar-refractivity contribution in [2.75, 3.05) is 5.32 Å². The number of nitro groups is 1. The molecule has 0 bridgehead atoms. The molecule has 0 unspecified atom stereocenters. The zero-order chi connectivity index (χ0) is 17.0. The molecule has 0 radical (unpaired) electrons. The van der Waals surface area contributed by atoms with Gasteiger partial charge in [0.05, 0.1) is 4.92 Å². The number of nitrogens with zero attached hydrogens (tertiary/aromatic N) is 1. The topological polar surface area (TPSA) is 113 Å². The van der Waals surface area contributed by atoms with E-state index in [1.54, 1.807) is 6.92 Å². The number of carbonyl (C=O) groups is 1. The number of rotatable bonds is 4. The van der Waals surface area contributed by atoms with Crippen LogP contribution in [0.15, 0.2) is 42.5 Å². The lowest BCUT2D eigenvalue weighted by Gasteiger charge is -2.06. The molecule has 2 rings (SSSR count). The monoisotopic (exact) mass is 314 g/mol. The summed E-state index contributed by atoms with van der Waals surface area (Å²) in [5.74, 6) is -0.943. The molecule has 7 nitrogen and oxygen atoms in total. The second-order valence-electron chi connectivity index (χ2n) is 4.83. The van der Waals surface area contributed by atoms with Crippen LogP contribution in [0.4, 0.5) is 11.4 Å². The maximum atomic E-state index is 11.9. The van der Waals surface area contributed by atoms with Crippen LogP contribution >= 0.6 is 0 Å². The maximum absolute atomic E-state index is 11.9. The van der Waals surface area contributed by atoms with E-state index in [9.17, 15) is 25.1 Å². The van der Waals surface area contributed by atoms with Gasteiger partial charge in [-0.1, -0.05) is 6.07 Å². The first-order valence-corrected chi connectivity index (χ1v) is 6.63. The van der Waals surface area contributed by atoms with Crippen molar-refractivity contribution in [3.05, 3.63) is 63.7 Å². The van der Waals surface area contributed by atoms with E-state index in [0.717, 1.165) is 0 Å². The molecular formula is C16H14N2O5. The summed E-state index contributed by atoms with van der Waals surface area (Å²) in [7, 11) is 0. The Morgan fingerprint density at radius 2 is 1.91 bits per heavy atom. The number of carbonyl (C=O) groups excluding carboxylic acids is 1. The number of nitrogens with one attached hydrogen (secondary N) is 1. The van der Waals surface area contributed by atoms with Crippen LogP contribution in [-0.4, -0.2) is 21.0 Å². The van der Waals surface area contributed by atoms with Gasteiger partial charge in [-0.2, -0.15) is 0 Å². The molecule has 2 aromatic carbocycles. The smallest absolute Gasteiger partial charge is 0.269 e. The number of phenols is 2. The second kappa shape index (κ2) is 6.61. The molecule has 0 atom stereocenters. The van der Waals surface area contributed by atoms with Gasteiger partial charge in [0.2, 0.25) is 5.91 Å². The Morgan fingerprint density at radius 1 is 1.17 bits per heavy atom. The minimum absolute atomic E-state index is 0.0457.